The maximum Gasteiger partial charge on any atom is 0.251 e. The highest BCUT2D eigenvalue weighted by Crippen LogP contribution is 2.29. The minimum absolute atomic E-state index is 0.150. The summed E-state index contributed by atoms with van der Waals surface area (Å²) < 4.78 is 26.7. The predicted molar refractivity (Wildman–Crippen MR) is 89.6 cm³/mol. The fourth-order valence-corrected chi connectivity index (χ4v) is 4.16. The zero-order valence-electron chi connectivity index (χ0n) is 13.6. The molecule has 0 heterocycles. The maximum atomic E-state index is 12.4. The normalized spacial score (nSPS) is 17.4. The van der Waals surface area contributed by atoms with Gasteiger partial charge in [0.15, 0.2) is 0 Å². The van der Waals surface area contributed by atoms with Crippen LogP contribution in [0.15, 0.2) is 29.2 Å². The molecule has 0 saturated heterocycles. The molecule has 0 aliphatic heterocycles. The summed E-state index contributed by atoms with van der Waals surface area (Å²) in [4.78, 5) is 12.5. The number of hydrogen-bond donors (Lipinski definition) is 3. The summed E-state index contributed by atoms with van der Waals surface area (Å²) in [5.74, 6) is -0.210. The Morgan fingerprint density at radius 2 is 1.78 bits per heavy atom. The molecule has 1 saturated carbocycles. The molecule has 0 atom stereocenters. The molecule has 0 bridgehead atoms. The molecule has 0 radical (unpaired) electrons. The zero-order chi connectivity index (χ0) is 17.1. The van der Waals surface area contributed by atoms with E-state index in [2.05, 4.69) is 10.0 Å². The summed E-state index contributed by atoms with van der Waals surface area (Å²) in [5, 5.41) is 3.02. The van der Waals surface area contributed by atoms with E-state index in [1.165, 1.54) is 24.3 Å². The Morgan fingerprint density at radius 1 is 1.22 bits per heavy atom. The number of hydrogen-bond acceptors (Lipinski definition) is 4. The van der Waals surface area contributed by atoms with Crippen molar-refractivity contribution in [3.05, 3.63) is 29.8 Å². The number of nitrogens with one attached hydrogen (secondary N) is 2. The number of amides is 1. The van der Waals surface area contributed by atoms with Crippen molar-refractivity contribution in [1.82, 2.24) is 10.0 Å². The van der Waals surface area contributed by atoms with Crippen LogP contribution in [0, 0.1) is 0 Å². The van der Waals surface area contributed by atoms with Crippen molar-refractivity contribution in [1.29, 1.82) is 0 Å². The fraction of sp³-hybridized carbons (Fsp3) is 0.562. The third-order valence-corrected chi connectivity index (χ3v) is 5.82. The van der Waals surface area contributed by atoms with Gasteiger partial charge in [0, 0.05) is 18.2 Å². The Bertz CT molecular complexity index is 648. The average molecular weight is 339 g/mol. The van der Waals surface area contributed by atoms with Gasteiger partial charge in [0.05, 0.1) is 10.4 Å². The van der Waals surface area contributed by atoms with Crippen molar-refractivity contribution in [2.75, 3.05) is 6.54 Å². The molecule has 6 nitrogen and oxygen atoms in total. The van der Waals surface area contributed by atoms with E-state index in [0.29, 0.717) is 12.1 Å². The SMILES string of the molecule is CC(C)NS(=O)(=O)c1ccc(C(=O)NC2(CN)CCCC2)cc1. The van der Waals surface area contributed by atoms with Crippen molar-refractivity contribution < 1.29 is 13.2 Å². The Balaban J connectivity index is 2.11. The molecule has 1 aromatic carbocycles. The number of carbonyl (C=O) groups excluding carboxylic acids is 1. The minimum Gasteiger partial charge on any atom is -0.345 e. The molecule has 0 spiro atoms. The van der Waals surface area contributed by atoms with Gasteiger partial charge in [-0.3, -0.25) is 4.79 Å². The summed E-state index contributed by atoms with van der Waals surface area (Å²) in [7, 11) is -3.54. The lowest BCUT2D eigenvalue weighted by Crippen LogP contribution is -2.51. The highest BCUT2D eigenvalue weighted by Gasteiger charge is 2.34. The second-order valence-electron chi connectivity index (χ2n) is 6.45. The van der Waals surface area contributed by atoms with Crippen LogP contribution in [0.3, 0.4) is 0 Å². The van der Waals surface area contributed by atoms with E-state index in [4.69, 9.17) is 5.73 Å². The largest absolute Gasteiger partial charge is 0.345 e. The highest BCUT2D eigenvalue weighted by atomic mass is 32.2. The smallest absolute Gasteiger partial charge is 0.251 e. The maximum absolute atomic E-state index is 12.4. The topological polar surface area (TPSA) is 101 Å². The quantitative estimate of drug-likeness (QED) is 0.728. The van der Waals surface area contributed by atoms with Crippen molar-refractivity contribution in [2.45, 2.75) is 56.0 Å². The second kappa shape index (κ2) is 6.98. The average Bonchev–Trinajstić information content (AvgIpc) is 2.95. The Hall–Kier alpha value is -1.44. The summed E-state index contributed by atoms with van der Waals surface area (Å²) in [6, 6.07) is 5.77. The van der Waals surface area contributed by atoms with Crippen LogP contribution >= 0.6 is 0 Å². The van der Waals surface area contributed by atoms with E-state index in [1.54, 1.807) is 13.8 Å². The van der Waals surface area contributed by atoms with Crippen molar-refractivity contribution in [3.8, 4) is 0 Å². The molecular formula is C16H25N3O3S. The third kappa shape index (κ3) is 4.31. The molecule has 7 heteroatoms. The van der Waals surface area contributed by atoms with Crippen LogP contribution in [-0.4, -0.2) is 32.5 Å². The summed E-state index contributed by atoms with van der Waals surface area (Å²) in [5.41, 5.74) is 5.94. The monoisotopic (exact) mass is 339 g/mol. The van der Waals surface area contributed by atoms with Crippen LogP contribution in [0.4, 0.5) is 0 Å². The van der Waals surface area contributed by atoms with Gasteiger partial charge >= 0.3 is 0 Å². The molecule has 2 rings (SSSR count). The van der Waals surface area contributed by atoms with Crippen LogP contribution in [0.25, 0.3) is 0 Å². The van der Waals surface area contributed by atoms with Crippen LogP contribution in [0.1, 0.15) is 49.9 Å². The van der Waals surface area contributed by atoms with E-state index in [9.17, 15) is 13.2 Å². The first-order valence-electron chi connectivity index (χ1n) is 7.93. The van der Waals surface area contributed by atoms with Gasteiger partial charge in [-0.15, -0.1) is 0 Å². The van der Waals surface area contributed by atoms with Crippen LogP contribution in [-0.2, 0) is 10.0 Å². The van der Waals surface area contributed by atoms with E-state index >= 15 is 0 Å². The van der Waals surface area contributed by atoms with Gasteiger partial charge in [0.25, 0.3) is 5.91 Å². The van der Waals surface area contributed by atoms with Crippen LogP contribution < -0.4 is 15.8 Å². The highest BCUT2D eigenvalue weighted by molar-refractivity contribution is 7.89. The lowest BCUT2D eigenvalue weighted by Gasteiger charge is -2.28. The zero-order valence-corrected chi connectivity index (χ0v) is 14.4. The first kappa shape index (κ1) is 17.9. The van der Waals surface area contributed by atoms with E-state index in [0.717, 1.165) is 25.7 Å². The molecule has 23 heavy (non-hydrogen) atoms. The van der Waals surface area contributed by atoms with Crippen molar-refractivity contribution in [2.24, 2.45) is 5.73 Å². The number of benzene rings is 1. The van der Waals surface area contributed by atoms with Gasteiger partial charge in [-0.25, -0.2) is 13.1 Å². The third-order valence-electron chi connectivity index (χ3n) is 4.15. The molecule has 1 aliphatic carbocycles. The first-order valence-corrected chi connectivity index (χ1v) is 9.41. The summed E-state index contributed by atoms with van der Waals surface area (Å²) >= 11 is 0. The molecule has 1 aromatic rings. The molecule has 1 aliphatic rings. The minimum atomic E-state index is -3.54. The van der Waals surface area contributed by atoms with Crippen molar-refractivity contribution >= 4 is 15.9 Å². The van der Waals surface area contributed by atoms with Gasteiger partial charge in [-0.05, 0) is 51.0 Å². The van der Waals surface area contributed by atoms with Gasteiger partial charge in [-0.2, -0.15) is 0 Å². The number of carbonyl (C=O) groups is 1. The molecule has 4 N–H and O–H groups in total. The van der Waals surface area contributed by atoms with Crippen molar-refractivity contribution in [3.63, 3.8) is 0 Å². The summed E-state index contributed by atoms with van der Waals surface area (Å²) in [6.45, 7) is 3.93. The van der Waals surface area contributed by atoms with Crippen LogP contribution in [0.2, 0.25) is 0 Å². The number of sulfonamides is 1. The van der Waals surface area contributed by atoms with E-state index < -0.39 is 10.0 Å². The molecule has 0 aromatic heterocycles. The summed E-state index contributed by atoms with van der Waals surface area (Å²) in [6.07, 6.45) is 3.91. The number of rotatable bonds is 6. The Labute approximate surface area is 137 Å². The van der Waals surface area contributed by atoms with Gasteiger partial charge < -0.3 is 11.1 Å². The Morgan fingerprint density at radius 3 is 2.26 bits per heavy atom. The molecule has 128 valence electrons. The predicted octanol–water partition coefficient (Wildman–Crippen LogP) is 1.37. The Kier molecular flexibility index (Phi) is 5.44. The number of nitrogens with two attached hydrogens (primary N) is 1. The van der Waals surface area contributed by atoms with E-state index in [-0.39, 0.29) is 22.4 Å². The lowest BCUT2D eigenvalue weighted by atomic mass is 9.97. The molecule has 1 fully saturated rings. The fourth-order valence-electron chi connectivity index (χ4n) is 2.91. The first-order chi connectivity index (χ1) is 10.8. The molecule has 1 amide bonds. The van der Waals surface area contributed by atoms with E-state index in [1.807, 2.05) is 0 Å². The molecule has 0 unspecified atom stereocenters. The molecular weight excluding hydrogens is 314 g/mol. The van der Waals surface area contributed by atoms with Gasteiger partial charge in [0.2, 0.25) is 10.0 Å². The van der Waals surface area contributed by atoms with Crippen LogP contribution in [0.5, 0.6) is 0 Å². The lowest BCUT2D eigenvalue weighted by molar-refractivity contribution is 0.0903. The standard InChI is InChI=1S/C16H25N3O3S/c1-12(2)19-23(21,22)14-7-5-13(6-8-14)15(20)18-16(11-17)9-3-4-10-16/h5-8,12,19H,3-4,9-11,17H2,1-2H3,(H,18,20). The van der Waals surface area contributed by atoms with Gasteiger partial charge in [0.1, 0.15) is 0 Å². The van der Waals surface area contributed by atoms with Gasteiger partial charge in [-0.1, -0.05) is 12.8 Å². The second-order valence-corrected chi connectivity index (χ2v) is 8.16.